The Bertz CT molecular complexity index is 515. The molecule has 2 atom stereocenters. The van der Waals surface area contributed by atoms with Gasteiger partial charge in [0.15, 0.2) is 0 Å². The van der Waals surface area contributed by atoms with Crippen LogP contribution in [0.1, 0.15) is 0 Å². The van der Waals surface area contributed by atoms with Crippen LogP contribution in [0.5, 0.6) is 0 Å². The molecular formula is C14H17Cl2NO3S. The van der Waals surface area contributed by atoms with Crippen LogP contribution in [-0.2, 0) is 9.53 Å². The number of carboxylic acids is 1. The predicted molar refractivity (Wildman–Crippen MR) is 85.5 cm³/mol. The summed E-state index contributed by atoms with van der Waals surface area (Å²) in [5.74, 6) is -0.441. The Morgan fingerprint density at radius 2 is 2.24 bits per heavy atom. The number of rotatable bonds is 6. The molecule has 4 nitrogen and oxygen atoms in total. The van der Waals surface area contributed by atoms with Crippen molar-refractivity contribution in [1.82, 2.24) is 4.90 Å². The fourth-order valence-electron chi connectivity index (χ4n) is 2.27. The van der Waals surface area contributed by atoms with Gasteiger partial charge in [0.1, 0.15) is 0 Å². The van der Waals surface area contributed by atoms with E-state index in [9.17, 15) is 4.79 Å². The number of carboxylic acid groups (broad SMARTS) is 1. The standard InChI is InChI=1S/C14H17Cl2NO3S/c1-17(12-8-20-7-10(12)14(18)19)4-5-21-13-6-9(15)2-3-11(13)16/h2-3,6,10,12H,4-5,7-8H2,1H3,(H,18,19). The molecule has 21 heavy (non-hydrogen) atoms. The van der Waals surface area contributed by atoms with Gasteiger partial charge < -0.3 is 9.84 Å². The molecule has 0 saturated carbocycles. The van der Waals surface area contributed by atoms with E-state index in [1.807, 2.05) is 18.0 Å². The first kappa shape index (κ1) is 16.9. The zero-order valence-corrected chi connectivity index (χ0v) is 13.9. The van der Waals surface area contributed by atoms with Crippen LogP contribution in [0.2, 0.25) is 10.0 Å². The number of hydrogen-bond acceptors (Lipinski definition) is 4. The molecule has 116 valence electrons. The topological polar surface area (TPSA) is 49.8 Å². The van der Waals surface area contributed by atoms with E-state index in [2.05, 4.69) is 0 Å². The molecule has 1 aromatic carbocycles. The molecule has 1 aliphatic heterocycles. The summed E-state index contributed by atoms with van der Waals surface area (Å²) in [6.45, 7) is 1.51. The van der Waals surface area contributed by atoms with Crippen LogP contribution in [0.25, 0.3) is 0 Å². The Balaban J connectivity index is 1.85. The normalized spacial score (nSPS) is 21.9. The monoisotopic (exact) mass is 349 g/mol. The molecule has 0 aromatic heterocycles. The van der Waals surface area contributed by atoms with Crippen LogP contribution in [0.3, 0.4) is 0 Å². The average molecular weight is 350 g/mol. The maximum atomic E-state index is 11.1. The van der Waals surface area contributed by atoms with Gasteiger partial charge in [0, 0.05) is 28.3 Å². The zero-order chi connectivity index (χ0) is 15.4. The summed E-state index contributed by atoms with van der Waals surface area (Å²) in [6, 6.07) is 5.31. The molecule has 7 heteroatoms. The van der Waals surface area contributed by atoms with E-state index in [0.717, 1.165) is 17.2 Å². The van der Waals surface area contributed by atoms with Crippen LogP contribution >= 0.6 is 35.0 Å². The minimum absolute atomic E-state index is 0.0714. The molecule has 0 aliphatic carbocycles. The summed E-state index contributed by atoms with van der Waals surface area (Å²) in [4.78, 5) is 14.1. The highest BCUT2D eigenvalue weighted by molar-refractivity contribution is 7.99. The van der Waals surface area contributed by atoms with Crippen molar-refractivity contribution >= 4 is 40.9 Å². The molecule has 0 amide bonds. The SMILES string of the molecule is CN(CCSc1cc(Cl)ccc1Cl)C1COCC1C(=O)O. The second-order valence-corrected chi connectivity index (χ2v) is 6.93. The van der Waals surface area contributed by atoms with E-state index >= 15 is 0 Å². The van der Waals surface area contributed by atoms with Crippen molar-refractivity contribution < 1.29 is 14.6 Å². The number of aliphatic carboxylic acids is 1. The molecule has 1 saturated heterocycles. The van der Waals surface area contributed by atoms with E-state index < -0.39 is 11.9 Å². The molecule has 2 rings (SSSR count). The summed E-state index contributed by atoms with van der Waals surface area (Å²) in [5, 5.41) is 10.5. The second kappa shape index (κ2) is 7.70. The fourth-order valence-corrected chi connectivity index (χ4v) is 3.80. The average Bonchev–Trinajstić information content (AvgIpc) is 2.92. The first-order chi connectivity index (χ1) is 9.99. The highest BCUT2D eigenvalue weighted by Gasteiger charge is 2.36. The van der Waals surface area contributed by atoms with Gasteiger partial charge in [-0.1, -0.05) is 23.2 Å². The molecule has 0 radical (unpaired) electrons. The summed E-state index contributed by atoms with van der Waals surface area (Å²) in [7, 11) is 1.93. The molecule has 0 bridgehead atoms. The van der Waals surface area contributed by atoms with Gasteiger partial charge in [0.05, 0.1) is 24.2 Å². The first-order valence-electron chi connectivity index (χ1n) is 6.57. The summed E-state index contributed by atoms with van der Waals surface area (Å²) in [5.41, 5.74) is 0. The molecule has 2 unspecified atom stereocenters. The van der Waals surface area contributed by atoms with Gasteiger partial charge in [-0.05, 0) is 25.2 Å². The number of ether oxygens (including phenoxy) is 1. The Labute approximate surface area is 138 Å². The highest BCUT2D eigenvalue weighted by Crippen LogP contribution is 2.30. The largest absolute Gasteiger partial charge is 0.481 e. The molecule has 1 aliphatic rings. The van der Waals surface area contributed by atoms with Gasteiger partial charge >= 0.3 is 5.97 Å². The number of likely N-dealkylation sites (N-methyl/N-ethyl adjacent to an activating group) is 1. The van der Waals surface area contributed by atoms with E-state index in [-0.39, 0.29) is 12.6 Å². The Kier molecular flexibility index (Phi) is 6.20. The zero-order valence-electron chi connectivity index (χ0n) is 11.6. The first-order valence-corrected chi connectivity index (χ1v) is 8.32. The predicted octanol–water partition coefficient (Wildman–Crippen LogP) is 3.12. The summed E-state index contributed by atoms with van der Waals surface area (Å²) in [6.07, 6.45) is 0. The molecule has 1 fully saturated rings. The lowest BCUT2D eigenvalue weighted by Gasteiger charge is -2.25. The van der Waals surface area contributed by atoms with Crippen molar-refractivity contribution in [1.29, 1.82) is 0 Å². The van der Waals surface area contributed by atoms with Gasteiger partial charge in [-0.2, -0.15) is 0 Å². The van der Waals surface area contributed by atoms with Crippen LogP contribution in [0.4, 0.5) is 0 Å². The smallest absolute Gasteiger partial charge is 0.310 e. The number of hydrogen-bond donors (Lipinski definition) is 1. The van der Waals surface area contributed by atoms with E-state index in [0.29, 0.717) is 16.7 Å². The fraction of sp³-hybridized carbons (Fsp3) is 0.500. The van der Waals surface area contributed by atoms with Crippen LogP contribution in [-0.4, -0.2) is 54.6 Å². The van der Waals surface area contributed by atoms with E-state index in [1.54, 1.807) is 23.9 Å². The number of nitrogens with zero attached hydrogens (tertiary/aromatic N) is 1. The van der Waals surface area contributed by atoms with Gasteiger partial charge in [0.25, 0.3) is 0 Å². The van der Waals surface area contributed by atoms with Gasteiger partial charge in [0.2, 0.25) is 0 Å². The number of benzene rings is 1. The number of halogens is 2. The van der Waals surface area contributed by atoms with Crippen LogP contribution in [0.15, 0.2) is 23.1 Å². The number of carbonyl (C=O) groups is 1. The van der Waals surface area contributed by atoms with Crippen molar-refractivity contribution in [2.24, 2.45) is 5.92 Å². The van der Waals surface area contributed by atoms with E-state index in [1.165, 1.54) is 0 Å². The maximum Gasteiger partial charge on any atom is 0.310 e. The van der Waals surface area contributed by atoms with Crippen LogP contribution in [0, 0.1) is 5.92 Å². The van der Waals surface area contributed by atoms with Crippen LogP contribution < -0.4 is 0 Å². The van der Waals surface area contributed by atoms with Crippen molar-refractivity contribution in [2.45, 2.75) is 10.9 Å². The Morgan fingerprint density at radius 1 is 1.48 bits per heavy atom. The summed E-state index contributed by atoms with van der Waals surface area (Å²) < 4.78 is 5.28. The van der Waals surface area contributed by atoms with E-state index in [4.69, 9.17) is 33.0 Å². The minimum Gasteiger partial charge on any atom is -0.481 e. The van der Waals surface area contributed by atoms with Crippen molar-refractivity contribution in [3.05, 3.63) is 28.2 Å². The Morgan fingerprint density at radius 3 is 2.95 bits per heavy atom. The van der Waals surface area contributed by atoms with Gasteiger partial charge in [-0.25, -0.2) is 0 Å². The molecular weight excluding hydrogens is 333 g/mol. The number of thioether (sulfide) groups is 1. The van der Waals surface area contributed by atoms with Gasteiger partial charge in [-0.3, -0.25) is 9.69 Å². The lowest BCUT2D eigenvalue weighted by atomic mass is 10.0. The van der Waals surface area contributed by atoms with Gasteiger partial charge in [-0.15, -0.1) is 11.8 Å². The highest BCUT2D eigenvalue weighted by atomic mass is 35.5. The van der Waals surface area contributed by atoms with Crippen molar-refractivity contribution in [3.63, 3.8) is 0 Å². The molecule has 0 spiro atoms. The van der Waals surface area contributed by atoms with Crippen molar-refractivity contribution in [2.75, 3.05) is 32.6 Å². The van der Waals surface area contributed by atoms with Crippen molar-refractivity contribution in [3.8, 4) is 0 Å². The minimum atomic E-state index is -0.796. The second-order valence-electron chi connectivity index (χ2n) is 4.95. The maximum absolute atomic E-state index is 11.1. The molecule has 1 N–H and O–H groups in total. The quantitative estimate of drug-likeness (QED) is 0.799. The molecule has 1 heterocycles. The lowest BCUT2D eigenvalue weighted by Crippen LogP contribution is -2.41. The third-order valence-electron chi connectivity index (χ3n) is 3.53. The Hall–Kier alpha value is -0.460. The third-order valence-corrected chi connectivity index (χ3v) is 5.24. The lowest BCUT2D eigenvalue weighted by molar-refractivity contribution is -0.143. The third kappa shape index (κ3) is 4.50. The molecule has 1 aromatic rings. The summed E-state index contributed by atoms with van der Waals surface area (Å²) >= 11 is 13.7.